The second kappa shape index (κ2) is 5.78. The molecule has 1 rings (SSSR count). The highest BCUT2D eigenvalue weighted by atomic mass is 16.3. The first-order valence-electron chi connectivity index (χ1n) is 5.23. The molecule has 14 heavy (non-hydrogen) atoms. The Kier molecular flexibility index (Phi) is 4.63. The smallest absolute Gasteiger partial charge is 0.0449 e. The van der Waals surface area contributed by atoms with Gasteiger partial charge in [0.25, 0.3) is 0 Å². The monoisotopic (exact) mass is 193 g/mol. The fourth-order valence-corrected chi connectivity index (χ4v) is 1.69. The summed E-state index contributed by atoms with van der Waals surface area (Å²) in [5.41, 5.74) is 8.48. The minimum absolute atomic E-state index is 0.0252. The zero-order chi connectivity index (χ0) is 10.4. The summed E-state index contributed by atoms with van der Waals surface area (Å²) in [6.07, 6.45) is 2.83. The molecule has 0 aliphatic heterocycles. The van der Waals surface area contributed by atoms with Gasteiger partial charge in [-0.3, -0.25) is 0 Å². The van der Waals surface area contributed by atoms with Gasteiger partial charge >= 0.3 is 0 Å². The van der Waals surface area contributed by atoms with Crippen molar-refractivity contribution >= 4 is 0 Å². The van der Waals surface area contributed by atoms with E-state index in [4.69, 9.17) is 10.8 Å². The number of hydrogen-bond donors (Lipinski definition) is 2. The Balaban J connectivity index is 2.82. The second-order valence-electron chi connectivity index (χ2n) is 3.57. The highest BCUT2D eigenvalue weighted by Crippen LogP contribution is 2.19. The van der Waals surface area contributed by atoms with E-state index in [-0.39, 0.29) is 12.6 Å². The molecule has 3 N–H and O–H groups in total. The lowest BCUT2D eigenvalue weighted by molar-refractivity contribution is 0.276. The predicted molar refractivity (Wildman–Crippen MR) is 59.1 cm³/mol. The molecule has 78 valence electrons. The van der Waals surface area contributed by atoms with Gasteiger partial charge in [0.2, 0.25) is 0 Å². The Bertz CT molecular complexity index is 273. The molecule has 0 amide bonds. The van der Waals surface area contributed by atoms with Crippen molar-refractivity contribution in [2.75, 3.05) is 6.61 Å². The number of rotatable bonds is 5. The highest BCUT2D eigenvalue weighted by Gasteiger charge is 2.08. The molecule has 0 radical (unpaired) electrons. The van der Waals surface area contributed by atoms with Gasteiger partial charge in [-0.05, 0) is 24.0 Å². The van der Waals surface area contributed by atoms with Crippen LogP contribution < -0.4 is 5.73 Å². The molecule has 0 heterocycles. The van der Waals surface area contributed by atoms with Crippen LogP contribution in [0.2, 0.25) is 0 Å². The van der Waals surface area contributed by atoms with Crippen molar-refractivity contribution in [1.29, 1.82) is 0 Å². The minimum atomic E-state index is -0.0252. The van der Waals surface area contributed by atoms with Crippen molar-refractivity contribution in [2.45, 2.75) is 32.2 Å². The van der Waals surface area contributed by atoms with Crippen LogP contribution in [0.4, 0.5) is 0 Å². The third-order valence-corrected chi connectivity index (χ3v) is 2.41. The molecule has 0 aliphatic carbocycles. The standard InChI is InChI=1S/C12H19NO/c1-2-5-10-6-3-4-7-11(10)12(13)8-9-14/h3-4,6-7,12,14H,2,5,8-9,13H2,1H3/t12-/m1/s1. The lowest BCUT2D eigenvalue weighted by atomic mass is 9.96. The number of aryl methyl sites for hydroxylation is 1. The third-order valence-electron chi connectivity index (χ3n) is 2.41. The van der Waals surface area contributed by atoms with Crippen LogP contribution in [0, 0.1) is 0 Å². The van der Waals surface area contributed by atoms with Crippen molar-refractivity contribution in [3.8, 4) is 0 Å². The lowest BCUT2D eigenvalue weighted by Gasteiger charge is -2.14. The van der Waals surface area contributed by atoms with E-state index in [0.717, 1.165) is 12.8 Å². The van der Waals surface area contributed by atoms with Crippen LogP contribution >= 0.6 is 0 Å². The minimum Gasteiger partial charge on any atom is -0.396 e. The van der Waals surface area contributed by atoms with Crippen molar-refractivity contribution in [3.05, 3.63) is 35.4 Å². The van der Waals surface area contributed by atoms with E-state index in [1.165, 1.54) is 11.1 Å². The van der Waals surface area contributed by atoms with Gasteiger partial charge in [0.1, 0.15) is 0 Å². The Hall–Kier alpha value is -0.860. The summed E-state index contributed by atoms with van der Waals surface area (Å²) < 4.78 is 0. The van der Waals surface area contributed by atoms with Gasteiger partial charge in [0.05, 0.1) is 0 Å². The Morgan fingerprint density at radius 2 is 2.07 bits per heavy atom. The van der Waals surface area contributed by atoms with Gasteiger partial charge in [-0.15, -0.1) is 0 Å². The van der Waals surface area contributed by atoms with Crippen molar-refractivity contribution in [3.63, 3.8) is 0 Å². The largest absolute Gasteiger partial charge is 0.396 e. The van der Waals surface area contributed by atoms with Gasteiger partial charge in [0, 0.05) is 12.6 Å². The van der Waals surface area contributed by atoms with Gasteiger partial charge < -0.3 is 10.8 Å². The molecular formula is C12H19NO. The van der Waals surface area contributed by atoms with E-state index in [0.29, 0.717) is 6.42 Å². The highest BCUT2D eigenvalue weighted by molar-refractivity contribution is 5.29. The summed E-state index contributed by atoms with van der Waals surface area (Å²) in [5.74, 6) is 0. The Labute approximate surface area is 85.8 Å². The van der Waals surface area contributed by atoms with Crippen LogP contribution in [0.3, 0.4) is 0 Å². The predicted octanol–water partition coefficient (Wildman–Crippen LogP) is 2.02. The van der Waals surface area contributed by atoms with Crippen LogP contribution in [0.25, 0.3) is 0 Å². The molecule has 2 heteroatoms. The summed E-state index contributed by atoms with van der Waals surface area (Å²) >= 11 is 0. The maximum Gasteiger partial charge on any atom is 0.0449 e. The first kappa shape index (κ1) is 11.2. The molecule has 0 unspecified atom stereocenters. The molecule has 0 saturated carbocycles. The number of benzene rings is 1. The fourth-order valence-electron chi connectivity index (χ4n) is 1.69. The van der Waals surface area contributed by atoms with Crippen molar-refractivity contribution in [1.82, 2.24) is 0 Å². The van der Waals surface area contributed by atoms with Gasteiger partial charge in [-0.25, -0.2) is 0 Å². The zero-order valence-electron chi connectivity index (χ0n) is 8.74. The van der Waals surface area contributed by atoms with Crippen molar-refractivity contribution < 1.29 is 5.11 Å². The SMILES string of the molecule is CCCc1ccccc1[C@H](N)CCO. The van der Waals surface area contributed by atoms with E-state index in [1.807, 2.05) is 12.1 Å². The van der Waals surface area contributed by atoms with E-state index in [2.05, 4.69) is 19.1 Å². The van der Waals surface area contributed by atoms with Crippen LogP contribution in [-0.2, 0) is 6.42 Å². The molecular weight excluding hydrogens is 174 g/mol. The van der Waals surface area contributed by atoms with E-state index in [1.54, 1.807) is 0 Å². The lowest BCUT2D eigenvalue weighted by Crippen LogP contribution is -2.14. The Morgan fingerprint density at radius 3 is 2.71 bits per heavy atom. The maximum absolute atomic E-state index is 8.84. The van der Waals surface area contributed by atoms with Gasteiger partial charge in [-0.2, -0.15) is 0 Å². The molecule has 1 atom stereocenters. The number of aliphatic hydroxyl groups excluding tert-OH is 1. The third kappa shape index (κ3) is 2.82. The summed E-state index contributed by atoms with van der Waals surface area (Å²) in [7, 11) is 0. The summed E-state index contributed by atoms with van der Waals surface area (Å²) in [6.45, 7) is 2.32. The van der Waals surface area contributed by atoms with E-state index >= 15 is 0 Å². The Morgan fingerprint density at radius 1 is 1.36 bits per heavy atom. The van der Waals surface area contributed by atoms with Gasteiger partial charge in [-0.1, -0.05) is 37.6 Å². The molecule has 0 spiro atoms. The maximum atomic E-state index is 8.84. The second-order valence-corrected chi connectivity index (χ2v) is 3.57. The van der Waals surface area contributed by atoms with E-state index in [9.17, 15) is 0 Å². The molecule has 1 aromatic rings. The fraction of sp³-hybridized carbons (Fsp3) is 0.500. The van der Waals surface area contributed by atoms with Gasteiger partial charge in [0.15, 0.2) is 0 Å². The molecule has 2 nitrogen and oxygen atoms in total. The average molecular weight is 193 g/mol. The zero-order valence-corrected chi connectivity index (χ0v) is 8.74. The molecule has 0 saturated heterocycles. The van der Waals surface area contributed by atoms with Crippen LogP contribution in [0.1, 0.15) is 36.9 Å². The first-order chi connectivity index (χ1) is 6.79. The number of hydrogen-bond acceptors (Lipinski definition) is 2. The topological polar surface area (TPSA) is 46.2 Å². The number of aliphatic hydroxyl groups is 1. The van der Waals surface area contributed by atoms with Crippen LogP contribution in [0.5, 0.6) is 0 Å². The molecule has 0 aliphatic rings. The van der Waals surface area contributed by atoms with Crippen molar-refractivity contribution in [2.24, 2.45) is 5.73 Å². The molecule has 0 aromatic heterocycles. The average Bonchev–Trinajstić information content (AvgIpc) is 2.19. The quantitative estimate of drug-likeness (QED) is 0.751. The van der Waals surface area contributed by atoms with Crippen LogP contribution in [0.15, 0.2) is 24.3 Å². The normalized spacial score (nSPS) is 12.8. The number of nitrogens with two attached hydrogens (primary N) is 1. The molecule has 1 aromatic carbocycles. The summed E-state index contributed by atoms with van der Waals surface area (Å²) in [6, 6.07) is 8.20. The summed E-state index contributed by atoms with van der Waals surface area (Å²) in [5, 5.41) is 8.84. The van der Waals surface area contributed by atoms with E-state index < -0.39 is 0 Å². The summed E-state index contributed by atoms with van der Waals surface area (Å²) in [4.78, 5) is 0. The van der Waals surface area contributed by atoms with Crippen LogP contribution in [-0.4, -0.2) is 11.7 Å². The molecule has 0 bridgehead atoms. The first-order valence-corrected chi connectivity index (χ1v) is 5.23. The molecule has 0 fully saturated rings.